The van der Waals surface area contributed by atoms with E-state index in [4.69, 9.17) is 5.26 Å². The van der Waals surface area contributed by atoms with Crippen molar-refractivity contribution < 1.29 is 4.79 Å². The van der Waals surface area contributed by atoms with Crippen molar-refractivity contribution in [2.24, 2.45) is 0 Å². The van der Waals surface area contributed by atoms with Crippen LogP contribution in [0.1, 0.15) is 30.7 Å². The van der Waals surface area contributed by atoms with Crippen molar-refractivity contribution in [3.8, 4) is 6.07 Å². The highest BCUT2D eigenvalue weighted by molar-refractivity contribution is 9.10. The standard InChI is InChI=1S/C13H13BrN2O/c14-12-4-2-1-3-11(12)9(8-15)7-13(17)16-10-5-6-10/h1-4,9-10H,5-7H2,(H,16,17). The third-order valence-corrected chi connectivity index (χ3v) is 3.49. The number of nitriles is 1. The smallest absolute Gasteiger partial charge is 0.221 e. The van der Waals surface area contributed by atoms with Gasteiger partial charge < -0.3 is 5.32 Å². The lowest BCUT2D eigenvalue weighted by atomic mass is 9.97. The van der Waals surface area contributed by atoms with Gasteiger partial charge in [0.15, 0.2) is 0 Å². The Morgan fingerprint density at radius 1 is 1.53 bits per heavy atom. The predicted octanol–water partition coefficient (Wildman–Crippen LogP) is 2.72. The topological polar surface area (TPSA) is 52.9 Å². The molecule has 1 aliphatic rings. The first-order chi connectivity index (χ1) is 8.20. The Labute approximate surface area is 109 Å². The average Bonchev–Trinajstić information content (AvgIpc) is 3.11. The van der Waals surface area contributed by atoms with Crippen LogP contribution in [0.3, 0.4) is 0 Å². The van der Waals surface area contributed by atoms with Crippen LogP contribution in [0.5, 0.6) is 0 Å². The SMILES string of the molecule is N#CC(CC(=O)NC1CC1)c1ccccc1Br. The van der Waals surface area contributed by atoms with E-state index >= 15 is 0 Å². The van der Waals surface area contributed by atoms with E-state index in [-0.39, 0.29) is 18.2 Å². The molecule has 1 atom stereocenters. The van der Waals surface area contributed by atoms with Gasteiger partial charge in [-0.05, 0) is 24.5 Å². The summed E-state index contributed by atoms with van der Waals surface area (Å²) in [5.74, 6) is -0.417. The molecule has 0 heterocycles. The summed E-state index contributed by atoms with van der Waals surface area (Å²) >= 11 is 3.41. The zero-order chi connectivity index (χ0) is 12.3. The Balaban J connectivity index is 2.03. The summed E-state index contributed by atoms with van der Waals surface area (Å²) < 4.78 is 0.880. The fraction of sp³-hybridized carbons (Fsp3) is 0.385. The number of carbonyl (C=O) groups is 1. The molecule has 0 spiro atoms. The summed E-state index contributed by atoms with van der Waals surface area (Å²) in [6.07, 6.45) is 2.37. The zero-order valence-corrected chi connectivity index (χ0v) is 10.9. The van der Waals surface area contributed by atoms with Crippen molar-refractivity contribution in [2.45, 2.75) is 31.2 Å². The number of hydrogen-bond donors (Lipinski definition) is 1. The predicted molar refractivity (Wildman–Crippen MR) is 68.3 cm³/mol. The molecule has 0 radical (unpaired) electrons. The van der Waals surface area contributed by atoms with Crippen LogP contribution in [0.2, 0.25) is 0 Å². The summed E-state index contributed by atoms with van der Waals surface area (Å²) in [4.78, 5) is 11.7. The minimum Gasteiger partial charge on any atom is -0.353 e. The van der Waals surface area contributed by atoms with Crippen LogP contribution in [-0.4, -0.2) is 11.9 Å². The number of halogens is 1. The number of hydrogen-bond acceptors (Lipinski definition) is 2. The third kappa shape index (κ3) is 3.31. The van der Waals surface area contributed by atoms with Gasteiger partial charge >= 0.3 is 0 Å². The summed E-state index contributed by atoms with van der Waals surface area (Å²) in [7, 11) is 0. The molecule has 0 bridgehead atoms. The van der Waals surface area contributed by atoms with Gasteiger partial charge in [0.05, 0.1) is 12.0 Å². The van der Waals surface area contributed by atoms with Crippen molar-refractivity contribution in [2.75, 3.05) is 0 Å². The van der Waals surface area contributed by atoms with Crippen LogP contribution >= 0.6 is 15.9 Å². The van der Waals surface area contributed by atoms with Gasteiger partial charge in [0.25, 0.3) is 0 Å². The molecule has 0 saturated heterocycles. The van der Waals surface area contributed by atoms with E-state index in [1.54, 1.807) is 0 Å². The lowest BCUT2D eigenvalue weighted by molar-refractivity contribution is -0.121. The molecule has 1 unspecified atom stereocenters. The van der Waals surface area contributed by atoms with Crippen LogP contribution in [0, 0.1) is 11.3 Å². The molecule has 88 valence electrons. The van der Waals surface area contributed by atoms with E-state index in [1.807, 2.05) is 24.3 Å². The van der Waals surface area contributed by atoms with Crippen LogP contribution in [0.4, 0.5) is 0 Å². The largest absolute Gasteiger partial charge is 0.353 e. The lowest BCUT2D eigenvalue weighted by Gasteiger charge is -2.11. The van der Waals surface area contributed by atoms with Crippen molar-refractivity contribution in [1.82, 2.24) is 5.32 Å². The molecule has 3 nitrogen and oxygen atoms in total. The van der Waals surface area contributed by atoms with Gasteiger partial charge in [-0.15, -0.1) is 0 Å². The molecule has 1 aliphatic carbocycles. The molecule has 1 amide bonds. The maximum atomic E-state index is 11.7. The summed E-state index contributed by atoms with van der Waals surface area (Å²) in [6, 6.07) is 10.1. The Hall–Kier alpha value is -1.34. The van der Waals surface area contributed by atoms with Crippen molar-refractivity contribution >= 4 is 21.8 Å². The van der Waals surface area contributed by atoms with Gasteiger partial charge in [0.1, 0.15) is 0 Å². The second-order valence-corrected chi connectivity index (χ2v) is 5.10. The van der Waals surface area contributed by atoms with E-state index in [0.717, 1.165) is 22.9 Å². The fourth-order valence-electron chi connectivity index (χ4n) is 1.68. The van der Waals surface area contributed by atoms with Crippen LogP contribution < -0.4 is 5.32 Å². The highest BCUT2D eigenvalue weighted by atomic mass is 79.9. The first kappa shape index (κ1) is 12.1. The van der Waals surface area contributed by atoms with Crippen LogP contribution in [-0.2, 0) is 4.79 Å². The number of nitrogens with zero attached hydrogens (tertiary/aromatic N) is 1. The molecule has 2 rings (SSSR count). The van der Waals surface area contributed by atoms with Gasteiger partial charge in [0, 0.05) is 16.9 Å². The molecule has 0 aromatic heterocycles. The molecule has 1 fully saturated rings. The normalized spacial score (nSPS) is 16.0. The Morgan fingerprint density at radius 2 is 2.24 bits per heavy atom. The number of nitrogens with one attached hydrogen (secondary N) is 1. The zero-order valence-electron chi connectivity index (χ0n) is 9.32. The first-order valence-electron chi connectivity index (χ1n) is 5.64. The van der Waals surface area contributed by atoms with Gasteiger partial charge in [-0.25, -0.2) is 0 Å². The molecule has 4 heteroatoms. The average molecular weight is 293 g/mol. The van der Waals surface area contributed by atoms with E-state index in [2.05, 4.69) is 27.3 Å². The first-order valence-corrected chi connectivity index (χ1v) is 6.43. The molecular formula is C13H13BrN2O. The Kier molecular flexibility index (Phi) is 3.80. The lowest BCUT2D eigenvalue weighted by Crippen LogP contribution is -2.26. The molecule has 1 saturated carbocycles. The van der Waals surface area contributed by atoms with Gasteiger partial charge in [-0.1, -0.05) is 34.1 Å². The van der Waals surface area contributed by atoms with E-state index in [1.165, 1.54) is 0 Å². The number of amides is 1. The minimum atomic E-state index is -0.385. The fourth-order valence-corrected chi connectivity index (χ4v) is 2.24. The maximum Gasteiger partial charge on any atom is 0.221 e. The van der Waals surface area contributed by atoms with Crippen LogP contribution in [0.15, 0.2) is 28.7 Å². The van der Waals surface area contributed by atoms with Crippen molar-refractivity contribution in [3.05, 3.63) is 34.3 Å². The second kappa shape index (κ2) is 5.33. The Bertz CT molecular complexity index is 463. The third-order valence-electron chi connectivity index (χ3n) is 2.77. The summed E-state index contributed by atoms with van der Waals surface area (Å²) in [6.45, 7) is 0. The van der Waals surface area contributed by atoms with Gasteiger partial charge in [-0.3, -0.25) is 4.79 Å². The monoisotopic (exact) mass is 292 g/mol. The van der Waals surface area contributed by atoms with E-state index in [0.29, 0.717) is 6.04 Å². The summed E-state index contributed by atoms with van der Waals surface area (Å²) in [5, 5.41) is 12.1. The van der Waals surface area contributed by atoms with Gasteiger partial charge in [0.2, 0.25) is 5.91 Å². The van der Waals surface area contributed by atoms with E-state index < -0.39 is 0 Å². The summed E-state index contributed by atoms with van der Waals surface area (Å²) in [5.41, 5.74) is 0.876. The Morgan fingerprint density at radius 3 is 2.82 bits per heavy atom. The number of rotatable bonds is 4. The van der Waals surface area contributed by atoms with E-state index in [9.17, 15) is 4.79 Å². The minimum absolute atomic E-state index is 0.0326. The van der Waals surface area contributed by atoms with Crippen molar-refractivity contribution in [3.63, 3.8) is 0 Å². The molecule has 1 aromatic carbocycles. The molecule has 1 N–H and O–H groups in total. The van der Waals surface area contributed by atoms with Crippen LogP contribution in [0.25, 0.3) is 0 Å². The highest BCUT2D eigenvalue weighted by Crippen LogP contribution is 2.27. The second-order valence-electron chi connectivity index (χ2n) is 4.25. The molecule has 17 heavy (non-hydrogen) atoms. The number of benzene rings is 1. The quantitative estimate of drug-likeness (QED) is 0.928. The molecular weight excluding hydrogens is 280 g/mol. The van der Waals surface area contributed by atoms with Gasteiger partial charge in [-0.2, -0.15) is 5.26 Å². The highest BCUT2D eigenvalue weighted by Gasteiger charge is 2.25. The maximum absolute atomic E-state index is 11.7. The molecule has 1 aromatic rings. The molecule has 0 aliphatic heterocycles. The van der Waals surface area contributed by atoms with Crippen molar-refractivity contribution in [1.29, 1.82) is 5.26 Å². The number of carbonyl (C=O) groups excluding carboxylic acids is 1.